The minimum Gasteiger partial charge on any atom is -0.333 e. The van der Waals surface area contributed by atoms with Gasteiger partial charge in [-0.2, -0.15) is 0 Å². The zero-order chi connectivity index (χ0) is 12.4. The molecule has 0 radical (unpaired) electrons. The third-order valence-electron chi connectivity index (χ3n) is 3.56. The number of rotatable bonds is 2. The zero-order valence-electron chi connectivity index (χ0n) is 10.3. The highest BCUT2D eigenvalue weighted by Crippen LogP contribution is 2.26. The van der Waals surface area contributed by atoms with Crippen molar-refractivity contribution in [2.24, 2.45) is 11.7 Å². The first-order valence-corrected chi connectivity index (χ1v) is 6.94. The Labute approximate surface area is 106 Å². The molecule has 1 aliphatic rings. The number of carbonyl (C=O) groups is 1. The molecule has 2 rings (SSSR count). The van der Waals surface area contributed by atoms with Gasteiger partial charge in [-0.3, -0.25) is 4.79 Å². The standard InChI is InChI=1S/C12H19N3OS/c1-8-4-3-5-15(10(8)6-13)12(16)11-9(2)14-7-17-11/h7-8,10H,3-6,13H2,1-2H3. The van der Waals surface area contributed by atoms with Crippen LogP contribution in [0, 0.1) is 12.8 Å². The highest BCUT2D eigenvalue weighted by atomic mass is 32.1. The fourth-order valence-corrected chi connectivity index (χ4v) is 3.26. The minimum absolute atomic E-state index is 0.104. The first-order valence-electron chi connectivity index (χ1n) is 6.06. The van der Waals surface area contributed by atoms with E-state index in [2.05, 4.69) is 11.9 Å². The molecule has 1 fully saturated rings. The SMILES string of the molecule is Cc1ncsc1C(=O)N1CCCC(C)C1CN. The summed E-state index contributed by atoms with van der Waals surface area (Å²) >= 11 is 1.42. The highest BCUT2D eigenvalue weighted by Gasteiger charge is 2.32. The molecule has 1 amide bonds. The van der Waals surface area contributed by atoms with Crippen LogP contribution in [0.25, 0.3) is 0 Å². The second kappa shape index (κ2) is 5.14. The maximum absolute atomic E-state index is 12.4. The fourth-order valence-electron chi connectivity index (χ4n) is 2.50. The van der Waals surface area contributed by atoms with E-state index in [0.29, 0.717) is 12.5 Å². The van der Waals surface area contributed by atoms with E-state index in [1.165, 1.54) is 11.3 Å². The predicted molar refractivity (Wildman–Crippen MR) is 69.1 cm³/mol. The summed E-state index contributed by atoms with van der Waals surface area (Å²) in [6.07, 6.45) is 2.23. The number of thiazole rings is 1. The van der Waals surface area contributed by atoms with Gasteiger partial charge in [-0.05, 0) is 25.7 Å². The van der Waals surface area contributed by atoms with Gasteiger partial charge >= 0.3 is 0 Å². The summed E-state index contributed by atoms with van der Waals surface area (Å²) in [5.74, 6) is 0.595. The van der Waals surface area contributed by atoms with Crippen molar-refractivity contribution in [3.8, 4) is 0 Å². The van der Waals surface area contributed by atoms with Crippen molar-refractivity contribution in [1.29, 1.82) is 0 Å². The van der Waals surface area contributed by atoms with Gasteiger partial charge in [-0.1, -0.05) is 6.92 Å². The van der Waals surface area contributed by atoms with Crippen LogP contribution < -0.4 is 5.73 Å². The molecule has 17 heavy (non-hydrogen) atoms. The second-order valence-corrected chi connectivity index (χ2v) is 5.54. The van der Waals surface area contributed by atoms with Crippen molar-refractivity contribution in [2.75, 3.05) is 13.1 Å². The lowest BCUT2D eigenvalue weighted by Crippen LogP contribution is -2.51. The van der Waals surface area contributed by atoms with Crippen LogP contribution in [0.2, 0.25) is 0 Å². The summed E-state index contributed by atoms with van der Waals surface area (Å²) in [7, 11) is 0. The number of nitrogens with two attached hydrogens (primary N) is 1. The maximum Gasteiger partial charge on any atom is 0.266 e. The average molecular weight is 253 g/mol. The number of hydrogen-bond donors (Lipinski definition) is 1. The number of carbonyl (C=O) groups excluding carboxylic acids is 1. The molecule has 1 aromatic rings. The number of aryl methyl sites for hydroxylation is 1. The number of amides is 1. The molecule has 2 atom stereocenters. The Balaban J connectivity index is 2.21. The van der Waals surface area contributed by atoms with Gasteiger partial charge in [-0.15, -0.1) is 11.3 Å². The molecular formula is C12H19N3OS. The Bertz CT molecular complexity index is 404. The molecule has 4 nitrogen and oxygen atoms in total. The topological polar surface area (TPSA) is 59.2 Å². The molecule has 1 saturated heterocycles. The third-order valence-corrected chi connectivity index (χ3v) is 4.47. The van der Waals surface area contributed by atoms with Gasteiger partial charge in [-0.25, -0.2) is 4.98 Å². The lowest BCUT2D eigenvalue weighted by atomic mass is 9.90. The molecule has 0 aromatic carbocycles. The molecule has 0 bridgehead atoms. The van der Waals surface area contributed by atoms with E-state index < -0.39 is 0 Å². The van der Waals surface area contributed by atoms with Crippen LogP contribution in [-0.2, 0) is 0 Å². The van der Waals surface area contributed by atoms with Crippen molar-refractivity contribution in [3.05, 3.63) is 16.1 Å². The first kappa shape index (κ1) is 12.5. The number of aromatic nitrogens is 1. The van der Waals surface area contributed by atoms with E-state index >= 15 is 0 Å². The first-order chi connectivity index (χ1) is 8.15. The summed E-state index contributed by atoms with van der Waals surface area (Å²) in [4.78, 5) is 19.3. The number of likely N-dealkylation sites (tertiary alicyclic amines) is 1. The summed E-state index contributed by atoms with van der Waals surface area (Å²) in [5, 5.41) is 0. The quantitative estimate of drug-likeness (QED) is 0.872. The van der Waals surface area contributed by atoms with Crippen LogP contribution in [0.4, 0.5) is 0 Å². The Kier molecular flexibility index (Phi) is 3.79. The predicted octanol–water partition coefficient (Wildman–Crippen LogP) is 1.65. The molecule has 94 valence electrons. The van der Waals surface area contributed by atoms with Crippen LogP contribution >= 0.6 is 11.3 Å². The Morgan fingerprint density at radius 3 is 3.06 bits per heavy atom. The van der Waals surface area contributed by atoms with Crippen LogP contribution in [0.15, 0.2) is 5.51 Å². The van der Waals surface area contributed by atoms with Gasteiger partial charge in [0, 0.05) is 19.1 Å². The van der Waals surface area contributed by atoms with Crippen molar-refractivity contribution < 1.29 is 4.79 Å². The van der Waals surface area contributed by atoms with Crippen molar-refractivity contribution >= 4 is 17.2 Å². The third kappa shape index (κ3) is 2.35. The van der Waals surface area contributed by atoms with E-state index in [1.807, 2.05) is 11.8 Å². The molecule has 0 aliphatic carbocycles. The molecule has 1 aromatic heterocycles. The Morgan fingerprint density at radius 2 is 2.47 bits per heavy atom. The van der Waals surface area contributed by atoms with Crippen molar-refractivity contribution in [3.63, 3.8) is 0 Å². The number of nitrogens with zero attached hydrogens (tertiary/aromatic N) is 2. The maximum atomic E-state index is 12.4. The van der Waals surface area contributed by atoms with E-state index in [1.54, 1.807) is 5.51 Å². The molecule has 2 N–H and O–H groups in total. The lowest BCUT2D eigenvalue weighted by Gasteiger charge is -2.39. The van der Waals surface area contributed by atoms with E-state index in [0.717, 1.165) is 30.0 Å². The van der Waals surface area contributed by atoms with Crippen LogP contribution in [0.1, 0.15) is 35.1 Å². The smallest absolute Gasteiger partial charge is 0.266 e. The van der Waals surface area contributed by atoms with Gasteiger partial charge in [0.1, 0.15) is 4.88 Å². The summed E-state index contributed by atoms with van der Waals surface area (Å²) in [6, 6.07) is 0.178. The van der Waals surface area contributed by atoms with Crippen molar-refractivity contribution in [1.82, 2.24) is 9.88 Å². The number of piperidine rings is 1. The van der Waals surface area contributed by atoms with Crippen LogP contribution in [-0.4, -0.2) is 34.9 Å². The molecule has 5 heteroatoms. The van der Waals surface area contributed by atoms with Gasteiger partial charge in [0.05, 0.1) is 11.2 Å². The van der Waals surface area contributed by atoms with E-state index in [-0.39, 0.29) is 11.9 Å². The van der Waals surface area contributed by atoms with Gasteiger partial charge in [0.2, 0.25) is 0 Å². The Hall–Kier alpha value is -0.940. The molecule has 2 heterocycles. The summed E-state index contributed by atoms with van der Waals surface area (Å²) in [5.41, 5.74) is 8.36. The van der Waals surface area contributed by atoms with Crippen molar-refractivity contribution in [2.45, 2.75) is 32.7 Å². The molecular weight excluding hydrogens is 234 g/mol. The second-order valence-electron chi connectivity index (χ2n) is 4.69. The largest absolute Gasteiger partial charge is 0.333 e. The fraction of sp³-hybridized carbons (Fsp3) is 0.667. The zero-order valence-corrected chi connectivity index (χ0v) is 11.2. The summed E-state index contributed by atoms with van der Waals surface area (Å²) in [6.45, 7) is 5.43. The van der Waals surface area contributed by atoms with Gasteiger partial charge in [0.25, 0.3) is 5.91 Å². The molecule has 0 spiro atoms. The van der Waals surface area contributed by atoms with Gasteiger partial charge in [0.15, 0.2) is 0 Å². The van der Waals surface area contributed by atoms with Gasteiger partial charge < -0.3 is 10.6 Å². The lowest BCUT2D eigenvalue weighted by molar-refractivity contribution is 0.0536. The van der Waals surface area contributed by atoms with E-state index in [4.69, 9.17) is 5.73 Å². The highest BCUT2D eigenvalue weighted by molar-refractivity contribution is 7.11. The van der Waals surface area contributed by atoms with E-state index in [9.17, 15) is 4.79 Å². The molecule has 2 unspecified atom stereocenters. The number of hydrogen-bond acceptors (Lipinski definition) is 4. The summed E-state index contributed by atoms with van der Waals surface area (Å²) < 4.78 is 0. The molecule has 1 aliphatic heterocycles. The Morgan fingerprint density at radius 1 is 1.71 bits per heavy atom. The average Bonchev–Trinajstić information content (AvgIpc) is 2.74. The molecule has 0 saturated carbocycles. The van der Waals surface area contributed by atoms with Crippen LogP contribution in [0.3, 0.4) is 0 Å². The normalized spacial score (nSPS) is 25.0. The van der Waals surface area contributed by atoms with Crippen LogP contribution in [0.5, 0.6) is 0 Å². The minimum atomic E-state index is 0.104. The monoisotopic (exact) mass is 253 g/mol.